The minimum atomic E-state index is -4.29. The van der Waals surface area contributed by atoms with Gasteiger partial charge in [-0.1, -0.05) is 35.0 Å². The molecule has 1 atom stereocenters. The fourth-order valence-corrected chi connectivity index (χ4v) is 5.58. The first kappa shape index (κ1) is 31.1. The van der Waals surface area contributed by atoms with Gasteiger partial charge in [-0.3, -0.25) is 13.9 Å². The molecule has 2 amide bonds. The number of amides is 2. The summed E-state index contributed by atoms with van der Waals surface area (Å²) in [6.07, 6.45) is 0.723. The van der Waals surface area contributed by atoms with Crippen LogP contribution in [0.4, 0.5) is 10.1 Å². The zero-order valence-corrected chi connectivity index (χ0v) is 25.0. The molecule has 40 heavy (non-hydrogen) atoms. The van der Waals surface area contributed by atoms with Crippen molar-refractivity contribution >= 4 is 43.5 Å². The van der Waals surface area contributed by atoms with Gasteiger partial charge in [0.1, 0.15) is 24.2 Å². The van der Waals surface area contributed by atoms with Gasteiger partial charge in [-0.05, 0) is 86.5 Å². The first-order valence-corrected chi connectivity index (χ1v) is 15.1. The van der Waals surface area contributed by atoms with Crippen molar-refractivity contribution in [2.75, 3.05) is 24.0 Å². The molecule has 3 aromatic rings. The van der Waals surface area contributed by atoms with Gasteiger partial charge in [0.2, 0.25) is 11.8 Å². The summed E-state index contributed by atoms with van der Waals surface area (Å²) in [6.45, 7) is 5.73. The van der Waals surface area contributed by atoms with Crippen molar-refractivity contribution in [1.29, 1.82) is 0 Å². The minimum Gasteiger partial charge on any atom is -0.494 e. The van der Waals surface area contributed by atoms with Crippen molar-refractivity contribution in [3.05, 3.63) is 88.6 Å². The van der Waals surface area contributed by atoms with Crippen LogP contribution in [0.15, 0.2) is 82.2 Å². The summed E-state index contributed by atoms with van der Waals surface area (Å²) < 4.78 is 48.4. The summed E-state index contributed by atoms with van der Waals surface area (Å²) in [5, 5.41) is 2.81. The Kier molecular flexibility index (Phi) is 11.1. The second-order valence-corrected chi connectivity index (χ2v) is 11.8. The van der Waals surface area contributed by atoms with E-state index in [0.717, 1.165) is 45.0 Å². The molecule has 11 heteroatoms. The normalized spacial score (nSPS) is 11.9. The second-order valence-electron chi connectivity index (χ2n) is 9.01. The largest absolute Gasteiger partial charge is 0.494 e. The van der Waals surface area contributed by atoms with E-state index in [2.05, 4.69) is 21.2 Å². The van der Waals surface area contributed by atoms with E-state index in [4.69, 9.17) is 4.74 Å². The molecular weight excluding hydrogens is 601 g/mol. The van der Waals surface area contributed by atoms with Crippen LogP contribution in [0.25, 0.3) is 0 Å². The van der Waals surface area contributed by atoms with Crippen molar-refractivity contribution in [3.63, 3.8) is 0 Å². The van der Waals surface area contributed by atoms with Gasteiger partial charge in [0.15, 0.2) is 0 Å². The van der Waals surface area contributed by atoms with Crippen LogP contribution in [0, 0.1) is 5.82 Å². The minimum absolute atomic E-state index is 0.0839. The molecule has 0 fully saturated rings. The number of sulfonamides is 1. The van der Waals surface area contributed by atoms with E-state index in [1.54, 1.807) is 19.1 Å². The molecule has 1 N–H and O–H groups in total. The number of carbonyl (C=O) groups excluding carboxylic acids is 2. The third kappa shape index (κ3) is 8.04. The van der Waals surface area contributed by atoms with E-state index in [9.17, 15) is 22.4 Å². The highest BCUT2D eigenvalue weighted by Crippen LogP contribution is 2.27. The maximum Gasteiger partial charge on any atom is 0.264 e. The predicted molar refractivity (Wildman–Crippen MR) is 156 cm³/mol. The number of benzene rings is 3. The maximum atomic E-state index is 13.9. The molecule has 0 aliphatic rings. The number of hydrogen-bond donors (Lipinski definition) is 1. The van der Waals surface area contributed by atoms with Crippen molar-refractivity contribution in [2.45, 2.75) is 44.7 Å². The third-order valence-electron chi connectivity index (χ3n) is 6.10. The Morgan fingerprint density at radius 1 is 0.975 bits per heavy atom. The number of hydrogen-bond acceptors (Lipinski definition) is 5. The molecule has 1 unspecified atom stereocenters. The predicted octanol–water partition coefficient (Wildman–Crippen LogP) is 5.13. The van der Waals surface area contributed by atoms with Crippen LogP contribution in [0.5, 0.6) is 5.75 Å². The van der Waals surface area contributed by atoms with Crippen molar-refractivity contribution < 1.29 is 27.1 Å². The van der Waals surface area contributed by atoms with Crippen LogP contribution in [0.2, 0.25) is 0 Å². The van der Waals surface area contributed by atoms with Gasteiger partial charge < -0.3 is 15.0 Å². The van der Waals surface area contributed by atoms with E-state index >= 15 is 0 Å². The number of anilines is 1. The number of carbonyl (C=O) groups is 2. The van der Waals surface area contributed by atoms with Gasteiger partial charge in [0.25, 0.3) is 10.0 Å². The second kappa shape index (κ2) is 14.3. The van der Waals surface area contributed by atoms with Crippen LogP contribution in [0.1, 0.15) is 32.8 Å². The molecule has 8 nitrogen and oxygen atoms in total. The molecule has 0 bridgehead atoms. The van der Waals surface area contributed by atoms with Crippen molar-refractivity contribution in [3.8, 4) is 5.75 Å². The Labute approximate surface area is 243 Å². The third-order valence-corrected chi connectivity index (χ3v) is 8.42. The zero-order valence-electron chi connectivity index (χ0n) is 22.6. The van der Waals surface area contributed by atoms with Gasteiger partial charge in [-0.25, -0.2) is 12.8 Å². The molecule has 0 aromatic heterocycles. The Bertz CT molecular complexity index is 1380. The van der Waals surface area contributed by atoms with Gasteiger partial charge >= 0.3 is 0 Å². The smallest absolute Gasteiger partial charge is 0.264 e. The van der Waals surface area contributed by atoms with E-state index in [1.165, 1.54) is 17.0 Å². The lowest BCUT2D eigenvalue weighted by Gasteiger charge is -2.32. The lowest BCUT2D eigenvalue weighted by Crippen LogP contribution is -2.51. The fraction of sp³-hybridized carbons (Fsp3) is 0.310. The first-order chi connectivity index (χ1) is 19.1. The van der Waals surface area contributed by atoms with Crippen LogP contribution >= 0.6 is 15.9 Å². The molecule has 0 radical (unpaired) electrons. The quantitative estimate of drug-likeness (QED) is 0.282. The zero-order chi connectivity index (χ0) is 29.3. The number of nitrogens with one attached hydrogen (secondary N) is 1. The van der Waals surface area contributed by atoms with Gasteiger partial charge in [-0.2, -0.15) is 0 Å². The highest BCUT2D eigenvalue weighted by molar-refractivity contribution is 9.10. The summed E-state index contributed by atoms with van der Waals surface area (Å²) >= 11 is 3.39. The molecule has 0 aliphatic heterocycles. The molecular formula is C29H33BrFN3O5S. The van der Waals surface area contributed by atoms with E-state index < -0.39 is 34.3 Å². The number of rotatable bonds is 13. The lowest BCUT2D eigenvalue weighted by molar-refractivity contribution is -0.139. The highest BCUT2D eigenvalue weighted by Gasteiger charge is 2.32. The van der Waals surface area contributed by atoms with Gasteiger partial charge in [0.05, 0.1) is 17.2 Å². The summed E-state index contributed by atoms with van der Waals surface area (Å²) in [4.78, 5) is 27.9. The van der Waals surface area contributed by atoms with E-state index in [1.807, 2.05) is 38.1 Å². The Morgan fingerprint density at radius 2 is 1.60 bits per heavy atom. The van der Waals surface area contributed by atoms with Gasteiger partial charge in [0, 0.05) is 17.6 Å². The standard InChI is InChI=1S/C29H33BrFN3O5S/c1-4-18-32-29(36)21(3)33(19-22-6-8-23(30)9-7-22)28(35)20-34(25-12-14-26(15-13-25)39-5-2)40(37,38)27-16-10-24(31)11-17-27/h6-17,21H,4-5,18-20H2,1-3H3,(H,32,36). The summed E-state index contributed by atoms with van der Waals surface area (Å²) in [5.74, 6) is -0.979. The monoisotopic (exact) mass is 633 g/mol. The van der Waals surface area contributed by atoms with Crippen molar-refractivity contribution in [2.24, 2.45) is 0 Å². The average Bonchev–Trinajstić information content (AvgIpc) is 2.94. The summed E-state index contributed by atoms with van der Waals surface area (Å²) in [6, 6.07) is 17.1. The van der Waals surface area contributed by atoms with Crippen molar-refractivity contribution in [1.82, 2.24) is 10.2 Å². The Hall–Kier alpha value is -3.44. The van der Waals surface area contributed by atoms with E-state index in [0.29, 0.717) is 18.9 Å². The molecule has 0 aliphatic carbocycles. The Balaban J connectivity index is 2.01. The molecule has 0 spiro atoms. The molecule has 3 aromatic carbocycles. The average molecular weight is 635 g/mol. The highest BCUT2D eigenvalue weighted by atomic mass is 79.9. The molecule has 0 saturated heterocycles. The molecule has 214 valence electrons. The van der Waals surface area contributed by atoms with Gasteiger partial charge in [-0.15, -0.1) is 0 Å². The SMILES string of the molecule is CCCNC(=O)C(C)N(Cc1ccc(Br)cc1)C(=O)CN(c1ccc(OCC)cc1)S(=O)(=O)c1ccc(F)cc1. The lowest BCUT2D eigenvalue weighted by atomic mass is 10.1. The maximum absolute atomic E-state index is 13.9. The summed E-state index contributed by atoms with van der Waals surface area (Å²) in [5.41, 5.74) is 0.980. The molecule has 0 saturated carbocycles. The van der Waals surface area contributed by atoms with Crippen LogP contribution in [-0.4, -0.2) is 50.9 Å². The number of halogens is 2. The molecule has 0 heterocycles. The fourth-order valence-electron chi connectivity index (χ4n) is 3.90. The van der Waals surface area contributed by atoms with Crippen LogP contribution < -0.4 is 14.4 Å². The van der Waals surface area contributed by atoms with E-state index in [-0.39, 0.29) is 23.0 Å². The number of nitrogens with zero attached hydrogens (tertiary/aromatic N) is 2. The first-order valence-electron chi connectivity index (χ1n) is 12.9. The number of ether oxygens (including phenoxy) is 1. The Morgan fingerprint density at radius 3 is 2.17 bits per heavy atom. The van der Waals surface area contributed by atoms with Crippen LogP contribution in [-0.2, 0) is 26.2 Å². The summed E-state index contributed by atoms with van der Waals surface area (Å²) in [7, 11) is -4.29. The topological polar surface area (TPSA) is 96.0 Å². The molecule has 3 rings (SSSR count). The van der Waals surface area contributed by atoms with Crippen LogP contribution in [0.3, 0.4) is 0 Å².